The lowest BCUT2D eigenvalue weighted by molar-refractivity contribution is -0.137. The normalized spacial score (nSPS) is 23.0. The van der Waals surface area contributed by atoms with E-state index in [1.165, 1.54) is 0 Å². The van der Waals surface area contributed by atoms with Crippen molar-refractivity contribution < 1.29 is 19.4 Å². The Kier molecular flexibility index (Phi) is 7.48. The number of unbranched alkanes of at least 4 members (excludes halogenated alkanes) is 3. The molecule has 2 unspecified atom stereocenters. The van der Waals surface area contributed by atoms with Crippen molar-refractivity contribution in [2.24, 2.45) is 11.8 Å². The van der Waals surface area contributed by atoms with Gasteiger partial charge in [-0.2, -0.15) is 0 Å². The fourth-order valence-electron chi connectivity index (χ4n) is 2.37. The minimum Gasteiger partial charge on any atom is -0.481 e. The number of carbonyl (C=O) groups is 2. The molecule has 0 saturated carbocycles. The van der Waals surface area contributed by atoms with E-state index in [2.05, 4.69) is 12.2 Å². The van der Waals surface area contributed by atoms with Crippen LogP contribution in [0.5, 0.6) is 0 Å². The van der Waals surface area contributed by atoms with Crippen molar-refractivity contribution in [3.8, 4) is 0 Å². The first-order valence-electron chi connectivity index (χ1n) is 7.18. The molecule has 110 valence electrons. The molecule has 1 fully saturated rings. The van der Waals surface area contributed by atoms with Gasteiger partial charge >= 0.3 is 5.97 Å². The molecule has 5 nitrogen and oxygen atoms in total. The Morgan fingerprint density at radius 2 is 2.00 bits per heavy atom. The summed E-state index contributed by atoms with van der Waals surface area (Å²) in [6.45, 7) is 4.09. The minimum atomic E-state index is -0.734. The van der Waals surface area contributed by atoms with Gasteiger partial charge < -0.3 is 15.2 Å². The molecule has 0 aromatic carbocycles. The van der Waals surface area contributed by atoms with Crippen LogP contribution in [0.4, 0.5) is 0 Å². The Morgan fingerprint density at radius 1 is 1.26 bits per heavy atom. The molecule has 0 aromatic rings. The maximum Gasteiger partial charge on any atom is 0.303 e. The van der Waals surface area contributed by atoms with Crippen LogP contribution in [0.25, 0.3) is 0 Å². The fourth-order valence-corrected chi connectivity index (χ4v) is 2.37. The average molecular weight is 271 g/mol. The molecule has 1 aliphatic heterocycles. The number of carbonyl (C=O) groups excluding carboxylic acids is 1. The lowest BCUT2D eigenvalue weighted by Crippen LogP contribution is -2.39. The number of hydrogen-bond donors (Lipinski definition) is 2. The molecule has 1 saturated heterocycles. The second kappa shape index (κ2) is 8.91. The van der Waals surface area contributed by atoms with E-state index in [1.54, 1.807) is 0 Å². The van der Waals surface area contributed by atoms with Gasteiger partial charge in [0.2, 0.25) is 5.91 Å². The largest absolute Gasteiger partial charge is 0.481 e. The lowest BCUT2D eigenvalue weighted by Gasteiger charge is -2.27. The molecule has 5 heteroatoms. The van der Waals surface area contributed by atoms with Gasteiger partial charge in [-0.15, -0.1) is 0 Å². The summed E-state index contributed by atoms with van der Waals surface area (Å²) in [6, 6.07) is 0. The topological polar surface area (TPSA) is 75.6 Å². The van der Waals surface area contributed by atoms with Crippen LogP contribution in [0.1, 0.15) is 45.4 Å². The second-order valence-electron chi connectivity index (χ2n) is 5.30. The number of carboxylic acids is 1. The van der Waals surface area contributed by atoms with Crippen molar-refractivity contribution in [3.05, 3.63) is 0 Å². The van der Waals surface area contributed by atoms with Crippen LogP contribution in [0.2, 0.25) is 0 Å². The number of aliphatic carboxylic acids is 1. The van der Waals surface area contributed by atoms with Gasteiger partial charge in [-0.25, -0.2) is 0 Å². The fraction of sp³-hybridized carbons (Fsp3) is 0.857. The first-order chi connectivity index (χ1) is 9.11. The molecule has 0 radical (unpaired) electrons. The Hall–Kier alpha value is -1.10. The smallest absolute Gasteiger partial charge is 0.303 e. The van der Waals surface area contributed by atoms with Gasteiger partial charge in [-0.3, -0.25) is 9.59 Å². The van der Waals surface area contributed by atoms with Crippen molar-refractivity contribution >= 4 is 11.9 Å². The Morgan fingerprint density at radius 3 is 2.68 bits per heavy atom. The van der Waals surface area contributed by atoms with E-state index in [1.807, 2.05) is 0 Å². The van der Waals surface area contributed by atoms with Gasteiger partial charge in [0.1, 0.15) is 0 Å². The number of carboxylic acid groups (broad SMARTS) is 1. The standard InChI is InChI=1S/C14H25NO4/c1-11-10-19-9-7-12(11)14(18)15-8-5-3-2-4-6-13(16)17/h11-12H,2-10H2,1H3,(H,15,18)(H,16,17). The molecule has 0 aliphatic carbocycles. The SMILES string of the molecule is CC1COCCC1C(=O)NCCCCCCC(=O)O. The molecule has 2 N–H and O–H groups in total. The van der Waals surface area contributed by atoms with Crippen LogP contribution >= 0.6 is 0 Å². The monoisotopic (exact) mass is 271 g/mol. The first-order valence-corrected chi connectivity index (χ1v) is 7.18. The molecule has 0 spiro atoms. The highest BCUT2D eigenvalue weighted by Crippen LogP contribution is 2.21. The van der Waals surface area contributed by atoms with E-state index in [0.29, 0.717) is 25.7 Å². The zero-order valence-electron chi connectivity index (χ0n) is 11.7. The van der Waals surface area contributed by atoms with Gasteiger partial charge in [0.25, 0.3) is 0 Å². The summed E-state index contributed by atoms with van der Waals surface area (Å²) in [5, 5.41) is 11.5. The van der Waals surface area contributed by atoms with E-state index < -0.39 is 5.97 Å². The zero-order chi connectivity index (χ0) is 14.1. The molecule has 19 heavy (non-hydrogen) atoms. The summed E-state index contributed by atoms with van der Waals surface area (Å²) in [5.74, 6) is -0.215. The second-order valence-corrected chi connectivity index (χ2v) is 5.30. The number of rotatable bonds is 8. The maximum atomic E-state index is 11.9. The van der Waals surface area contributed by atoms with Gasteiger partial charge in [0.05, 0.1) is 0 Å². The van der Waals surface area contributed by atoms with Crippen LogP contribution in [-0.4, -0.2) is 36.7 Å². The zero-order valence-corrected chi connectivity index (χ0v) is 11.7. The van der Waals surface area contributed by atoms with Gasteiger partial charge in [-0.1, -0.05) is 19.8 Å². The number of nitrogens with one attached hydrogen (secondary N) is 1. The summed E-state index contributed by atoms with van der Waals surface area (Å²) in [7, 11) is 0. The molecule has 1 heterocycles. The van der Waals surface area contributed by atoms with Crippen LogP contribution in [0.3, 0.4) is 0 Å². The third-order valence-corrected chi connectivity index (χ3v) is 3.59. The lowest BCUT2D eigenvalue weighted by atomic mass is 9.89. The summed E-state index contributed by atoms with van der Waals surface area (Å²) < 4.78 is 5.32. The molecule has 0 bridgehead atoms. The van der Waals surface area contributed by atoms with Crippen LogP contribution in [0, 0.1) is 11.8 Å². The maximum absolute atomic E-state index is 11.9. The highest BCUT2D eigenvalue weighted by Gasteiger charge is 2.27. The number of ether oxygens (including phenoxy) is 1. The summed E-state index contributed by atoms with van der Waals surface area (Å²) >= 11 is 0. The van der Waals surface area contributed by atoms with Gasteiger partial charge in [0.15, 0.2) is 0 Å². The molecular formula is C14H25NO4. The van der Waals surface area contributed by atoms with Crippen molar-refractivity contribution in [2.45, 2.75) is 45.4 Å². The molecular weight excluding hydrogens is 246 g/mol. The van der Waals surface area contributed by atoms with E-state index in [0.717, 1.165) is 32.1 Å². The summed E-state index contributed by atoms with van der Waals surface area (Å²) in [6.07, 6.45) is 4.58. The quantitative estimate of drug-likeness (QED) is 0.660. The third-order valence-electron chi connectivity index (χ3n) is 3.59. The van der Waals surface area contributed by atoms with Crippen LogP contribution in [0.15, 0.2) is 0 Å². The Bertz CT molecular complexity index is 293. The molecule has 1 aliphatic rings. The Labute approximate surface area is 114 Å². The molecule has 1 amide bonds. The van der Waals surface area contributed by atoms with E-state index >= 15 is 0 Å². The van der Waals surface area contributed by atoms with E-state index in [-0.39, 0.29) is 18.2 Å². The van der Waals surface area contributed by atoms with E-state index in [9.17, 15) is 9.59 Å². The van der Waals surface area contributed by atoms with Crippen LogP contribution in [-0.2, 0) is 14.3 Å². The molecule has 1 rings (SSSR count). The molecule has 2 atom stereocenters. The van der Waals surface area contributed by atoms with Gasteiger partial charge in [0, 0.05) is 32.1 Å². The van der Waals surface area contributed by atoms with Crippen molar-refractivity contribution in [1.29, 1.82) is 0 Å². The molecule has 0 aromatic heterocycles. The number of hydrogen-bond acceptors (Lipinski definition) is 3. The highest BCUT2D eigenvalue weighted by atomic mass is 16.5. The minimum absolute atomic E-state index is 0.0840. The summed E-state index contributed by atoms with van der Waals surface area (Å²) in [4.78, 5) is 22.3. The van der Waals surface area contributed by atoms with Crippen molar-refractivity contribution in [3.63, 3.8) is 0 Å². The average Bonchev–Trinajstić information content (AvgIpc) is 2.37. The summed E-state index contributed by atoms with van der Waals surface area (Å²) in [5.41, 5.74) is 0. The first kappa shape index (κ1) is 16.0. The predicted octanol–water partition coefficient (Wildman–Crippen LogP) is 1.81. The Balaban J connectivity index is 2.02. The number of amides is 1. The van der Waals surface area contributed by atoms with Crippen molar-refractivity contribution in [1.82, 2.24) is 5.32 Å². The third kappa shape index (κ3) is 6.57. The van der Waals surface area contributed by atoms with Crippen LogP contribution < -0.4 is 5.32 Å². The van der Waals surface area contributed by atoms with E-state index in [4.69, 9.17) is 9.84 Å². The van der Waals surface area contributed by atoms with Gasteiger partial charge in [-0.05, 0) is 25.2 Å². The highest BCUT2D eigenvalue weighted by molar-refractivity contribution is 5.78. The van der Waals surface area contributed by atoms with Crippen molar-refractivity contribution in [2.75, 3.05) is 19.8 Å². The predicted molar refractivity (Wildman–Crippen MR) is 71.8 cm³/mol.